The molecule has 1 saturated heterocycles. The van der Waals surface area contributed by atoms with Gasteiger partial charge in [-0.15, -0.1) is 0 Å². The van der Waals surface area contributed by atoms with Crippen LogP contribution < -0.4 is 10.1 Å². The molecule has 0 aliphatic carbocycles. The second-order valence-corrected chi connectivity index (χ2v) is 8.15. The zero-order valence-electron chi connectivity index (χ0n) is 18.0. The average molecular weight is 422 g/mol. The van der Waals surface area contributed by atoms with Crippen molar-refractivity contribution in [2.24, 2.45) is 0 Å². The molecule has 1 aliphatic heterocycles. The van der Waals surface area contributed by atoms with E-state index in [0.717, 1.165) is 34.2 Å². The van der Waals surface area contributed by atoms with Gasteiger partial charge in [0.1, 0.15) is 11.6 Å². The van der Waals surface area contributed by atoms with Crippen LogP contribution in [0.15, 0.2) is 60.7 Å². The molecular formula is C26H28FNO3. The number of rotatable bonds is 6. The van der Waals surface area contributed by atoms with Gasteiger partial charge in [0, 0.05) is 29.7 Å². The van der Waals surface area contributed by atoms with E-state index in [1.165, 1.54) is 12.1 Å². The van der Waals surface area contributed by atoms with Gasteiger partial charge >= 0.3 is 0 Å². The predicted molar refractivity (Wildman–Crippen MR) is 121 cm³/mol. The molecule has 4 rings (SSSR count). The fourth-order valence-corrected chi connectivity index (χ4v) is 4.16. The maximum atomic E-state index is 13.6. The number of anilines is 1. The Balaban J connectivity index is 1.69. The fourth-order valence-electron chi connectivity index (χ4n) is 4.16. The summed E-state index contributed by atoms with van der Waals surface area (Å²) in [5.74, 6) is 0.402. The Morgan fingerprint density at radius 2 is 1.74 bits per heavy atom. The van der Waals surface area contributed by atoms with E-state index in [1.807, 2.05) is 43.3 Å². The summed E-state index contributed by atoms with van der Waals surface area (Å²) in [6.45, 7) is 5.12. The Morgan fingerprint density at radius 3 is 2.42 bits per heavy atom. The van der Waals surface area contributed by atoms with Crippen molar-refractivity contribution in [1.29, 1.82) is 0 Å². The maximum Gasteiger partial charge on any atom is 0.235 e. The lowest BCUT2D eigenvalue weighted by atomic mass is 9.73. The van der Waals surface area contributed by atoms with Crippen LogP contribution in [0.3, 0.4) is 0 Å². The van der Waals surface area contributed by atoms with Crippen LogP contribution in [0, 0.1) is 5.82 Å². The van der Waals surface area contributed by atoms with E-state index in [1.54, 1.807) is 12.1 Å². The number of nitrogens with one attached hydrogen (secondary N) is 1. The number of amides is 1. The van der Waals surface area contributed by atoms with Crippen LogP contribution in [0.4, 0.5) is 10.1 Å². The van der Waals surface area contributed by atoms with Crippen LogP contribution in [0.2, 0.25) is 0 Å². The number of ether oxygens (including phenoxy) is 2. The van der Waals surface area contributed by atoms with Crippen LogP contribution in [-0.2, 0) is 14.9 Å². The van der Waals surface area contributed by atoms with Gasteiger partial charge in [-0.2, -0.15) is 0 Å². The van der Waals surface area contributed by atoms with E-state index in [0.29, 0.717) is 26.1 Å². The lowest BCUT2D eigenvalue weighted by Crippen LogP contribution is -2.44. The minimum atomic E-state index is -0.751. The van der Waals surface area contributed by atoms with Crippen LogP contribution >= 0.6 is 0 Å². The number of fused-ring (bicyclic) bond motifs is 1. The van der Waals surface area contributed by atoms with Gasteiger partial charge in [0.15, 0.2) is 0 Å². The van der Waals surface area contributed by atoms with Gasteiger partial charge < -0.3 is 14.8 Å². The molecule has 0 radical (unpaired) electrons. The third kappa shape index (κ3) is 4.28. The van der Waals surface area contributed by atoms with E-state index in [2.05, 4.69) is 12.2 Å². The Morgan fingerprint density at radius 1 is 1.06 bits per heavy atom. The molecule has 1 atom stereocenters. The number of carbonyl (C=O) groups is 1. The van der Waals surface area contributed by atoms with Gasteiger partial charge in [0.25, 0.3) is 0 Å². The summed E-state index contributed by atoms with van der Waals surface area (Å²) in [5, 5.41) is 5.05. The standard InChI is InChI=1S/C26H28FNO3/c1-3-18(2)31-24-13-12-23(21-6-4-5-7-22(21)24)28-25(29)26(14-16-30-17-15-26)19-8-10-20(27)11-9-19/h4-13,18H,3,14-17H2,1-2H3,(H,28,29). The molecule has 1 amide bonds. The van der Waals surface area contributed by atoms with Crippen molar-refractivity contribution in [1.82, 2.24) is 0 Å². The van der Waals surface area contributed by atoms with Crippen molar-refractivity contribution in [2.45, 2.75) is 44.6 Å². The highest BCUT2D eigenvalue weighted by molar-refractivity contribution is 6.07. The number of halogens is 1. The SMILES string of the molecule is CCC(C)Oc1ccc(NC(=O)C2(c3ccc(F)cc3)CCOCC2)c2ccccc12. The normalized spacial score (nSPS) is 16.6. The quantitative estimate of drug-likeness (QED) is 0.544. The van der Waals surface area contributed by atoms with Gasteiger partial charge in [0.2, 0.25) is 5.91 Å². The number of hydrogen-bond donors (Lipinski definition) is 1. The van der Waals surface area contributed by atoms with Gasteiger partial charge in [0.05, 0.1) is 11.5 Å². The number of carbonyl (C=O) groups excluding carboxylic acids is 1. The molecule has 162 valence electrons. The number of hydrogen-bond acceptors (Lipinski definition) is 3. The van der Waals surface area contributed by atoms with Crippen LogP contribution in [0.5, 0.6) is 5.75 Å². The van der Waals surface area contributed by atoms with E-state index in [9.17, 15) is 9.18 Å². The second kappa shape index (κ2) is 9.06. The molecule has 1 N–H and O–H groups in total. The molecule has 0 spiro atoms. The summed E-state index contributed by atoms with van der Waals surface area (Å²) in [4.78, 5) is 13.6. The summed E-state index contributed by atoms with van der Waals surface area (Å²) < 4.78 is 25.1. The highest BCUT2D eigenvalue weighted by Gasteiger charge is 2.42. The molecule has 4 nitrogen and oxygen atoms in total. The fraction of sp³-hybridized carbons (Fsp3) is 0.346. The van der Waals surface area contributed by atoms with E-state index < -0.39 is 5.41 Å². The van der Waals surface area contributed by atoms with E-state index in [4.69, 9.17) is 9.47 Å². The first-order valence-electron chi connectivity index (χ1n) is 10.9. The molecular weight excluding hydrogens is 393 g/mol. The first-order valence-corrected chi connectivity index (χ1v) is 10.9. The molecule has 1 heterocycles. The molecule has 3 aromatic rings. The Bertz CT molecular complexity index is 1060. The summed E-state index contributed by atoms with van der Waals surface area (Å²) in [6.07, 6.45) is 2.12. The third-order valence-corrected chi connectivity index (χ3v) is 6.21. The lowest BCUT2D eigenvalue weighted by molar-refractivity contribution is -0.125. The zero-order valence-corrected chi connectivity index (χ0v) is 18.0. The van der Waals surface area contributed by atoms with Crippen molar-refractivity contribution in [3.05, 3.63) is 72.0 Å². The van der Waals surface area contributed by atoms with Crippen molar-refractivity contribution < 1.29 is 18.7 Å². The lowest BCUT2D eigenvalue weighted by Gasteiger charge is -2.36. The smallest absolute Gasteiger partial charge is 0.235 e. The van der Waals surface area contributed by atoms with E-state index >= 15 is 0 Å². The van der Waals surface area contributed by atoms with Gasteiger partial charge in [-0.25, -0.2) is 4.39 Å². The molecule has 1 fully saturated rings. The largest absolute Gasteiger partial charge is 0.490 e. The first kappa shape index (κ1) is 21.3. The monoisotopic (exact) mass is 421 g/mol. The van der Waals surface area contributed by atoms with Crippen LogP contribution in [0.25, 0.3) is 10.8 Å². The van der Waals surface area contributed by atoms with Gasteiger partial charge in [-0.3, -0.25) is 4.79 Å². The van der Waals surface area contributed by atoms with E-state index in [-0.39, 0.29) is 17.8 Å². The van der Waals surface area contributed by atoms with Crippen molar-refractivity contribution in [3.63, 3.8) is 0 Å². The second-order valence-electron chi connectivity index (χ2n) is 8.15. The number of benzene rings is 3. The molecule has 5 heteroatoms. The maximum absolute atomic E-state index is 13.6. The first-order chi connectivity index (χ1) is 15.0. The summed E-state index contributed by atoms with van der Waals surface area (Å²) in [5.41, 5.74) is 0.805. The van der Waals surface area contributed by atoms with Crippen LogP contribution in [0.1, 0.15) is 38.7 Å². The Kier molecular flexibility index (Phi) is 6.23. The molecule has 0 bridgehead atoms. The Labute approximate surface area is 182 Å². The van der Waals surface area contributed by atoms with Crippen LogP contribution in [-0.4, -0.2) is 25.2 Å². The minimum Gasteiger partial charge on any atom is -0.490 e. The summed E-state index contributed by atoms with van der Waals surface area (Å²) in [7, 11) is 0. The molecule has 0 saturated carbocycles. The predicted octanol–water partition coefficient (Wildman–Crippen LogP) is 5.84. The molecule has 1 aliphatic rings. The topological polar surface area (TPSA) is 47.6 Å². The summed E-state index contributed by atoms with van der Waals surface area (Å²) in [6, 6.07) is 18.0. The van der Waals surface area contributed by atoms with Gasteiger partial charge in [-0.05, 0) is 56.0 Å². The van der Waals surface area contributed by atoms with Crippen molar-refractivity contribution in [2.75, 3.05) is 18.5 Å². The van der Waals surface area contributed by atoms with Gasteiger partial charge in [-0.1, -0.05) is 43.3 Å². The minimum absolute atomic E-state index is 0.0943. The molecule has 31 heavy (non-hydrogen) atoms. The highest BCUT2D eigenvalue weighted by Crippen LogP contribution is 2.38. The van der Waals surface area contributed by atoms with Crippen molar-refractivity contribution in [3.8, 4) is 5.75 Å². The average Bonchev–Trinajstić information content (AvgIpc) is 2.81. The van der Waals surface area contributed by atoms with Crippen molar-refractivity contribution >= 4 is 22.4 Å². The highest BCUT2D eigenvalue weighted by atomic mass is 19.1. The zero-order chi connectivity index (χ0) is 21.8. The molecule has 0 aromatic heterocycles. The summed E-state index contributed by atoms with van der Waals surface area (Å²) >= 11 is 0. The Hall–Kier alpha value is -2.92. The molecule has 1 unspecified atom stereocenters. The molecule has 3 aromatic carbocycles. The third-order valence-electron chi connectivity index (χ3n) is 6.21.